The minimum absolute atomic E-state index is 0.280. The van der Waals surface area contributed by atoms with E-state index in [0.717, 1.165) is 43.6 Å². The molecule has 0 aliphatic heterocycles. The van der Waals surface area contributed by atoms with E-state index in [1.165, 1.54) is 17.7 Å². The third-order valence-corrected chi connectivity index (χ3v) is 7.12. The summed E-state index contributed by atoms with van der Waals surface area (Å²) in [6.07, 6.45) is 2.75. The molecule has 170 valence electrons. The van der Waals surface area contributed by atoms with Crippen LogP contribution in [0.2, 0.25) is 0 Å². The fourth-order valence-electron chi connectivity index (χ4n) is 4.40. The van der Waals surface area contributed by atoms with Gasteiger partial charge in [0.15, 0.2) is 0 Å². The molecule has 0 saturated carbocycles. The molecule has 0 saturated heterocycles. The summed E-state index contributed by atoms with van der Waals surface area (Å²) in [4.78, 5) is 21.2. The summed E-state index contributed by atoms with van der Waals surface area (Å²) >= 11 is 1.55. The van der Waals surface area contributed by atoms with Crippen LogP contribution in [0.4, 0.5) is 4.39 Å². The number of hydrogen-bond acceptors (Lipinski definition) is 5. The molecule has 0 aliphatic rings. The van der Waals surface area contributed by atoms with Crippen LogP contribution in [-0.4, -0.2) is 16.2 Å². The van der Waals surface area contributed by atoms with Crippen molar-refractivity contribution >= 4 is 37.5 Å². The third-order valence-electron chi connectivity index (χ3n) is 5.85. The van der Waals surface area contributed by atoms with Gasteiger partial charge in [-0.3, -0.25) is 9.87 Å². The fourth-order valence-corrected chi connectivity index (χ4v) is 5.78. The molecule has 5 aromatic rings. The largest absolute Gasteiger partial charge is 0.373 e. The number of benzene rings is 3. The number of pyridine rings is 1. The van der Waals surface area contributed by atoms with E-state index in [4.69, 9.17) is 5.26 Å². The monoisotopic (exact) mass is 471 g/mol. The van der Waals surface area contributed by atoms with Crippen molar-refractivity contribution < 1.29 is 19.3 Å². The highest BCUT2D eigenvalue weighted by Crippen LogP contribution is 2.45. The number of halogens is 1. The smallest absolute Gasteiger partial charge is 0.295 e. The van der Waals surface area contributed by atoms with Gasteiger partial charge >= 0.3 is 5.97 Å². The zero-order chi connectivity index (χ0) is 23.8. The van der Waals surface area contributed by atoms with Gasteiger partial charge in [-0.25, -0.2) is 9.18 Å². The molecule has 0 fully saturated rings. The number of carbonyl (C=O) groups excluding carboxylic acids is 1. The van der Waals surface area contributed by atoms with Crippen molar-refractivity contribution in [2.45, 2.75) is 20.3 Å². The average Bonchev–Trinajstić information content (AvgIpc) is 3.23. The zero-order valence-corrected chi connectivity index (χ0v) is 19.5. The third kappa shape index (κ3) is 3.95. The zero-order valence-electron chi connectivity index (χ0n) is 18.7. The second-order valence-electron chi connectivity index (χ2n) is 8.68. The van der Waals surface area contributed by atoms with E-state index in [1.807, 2.05) is 36.5 Å². The summed E-state index contributed by atoms with van der Waals surface area (Å²) in [7, 11) is 0. The Morgan fingerprint density at radius 1 is 1.03 bits per heavy atom. The Morgan fingerprint density at radius 3 is 2.56 bits per heavy atom. The number of nitrogens with zero attached hydrogens (tertiary/aromatic N) is 1. The second kappa shape index (κ2) is 8.97. The standard InChI is InChI=1S/C28H22FNO3S/c1-16(2)14-17-12-13-30-24(15-17)21-10-11-23(28(31)33-32)25-22-5-3-4-20(26(22)34-27(21)25)18-6-8-19(29)9-7-18/h3-13,15-16,32H,14H2,1-2H3. The predicted molar refractivity (Wildman–Crippen MR) is 135 cm³/mol. The van der Waals surface area contributed by atoms with Gasteiger partial charge in [0, 0.05) is 31.9 Å². The van der Waals surface area contributed by atoms with Gasteiger partial charge in [0.1, 0.15) is 5.82 Å². The molecule has 0 radical (unpaired) electrons. The Hall–Kier alpha value is -3.61. The first kappa shape index (κ1) is 22.2. The Kier molecular flexibility index (Phi) is 5.86. The van der Waals surface area contributed by atoms with Crippen molar-refractivity contribution in [3.63, 3.8) is 0 Å². The molecule has 0 amide bonds. The first-order valence-corrected chi connectivity index (χ1v) is 11.8. The molecule has 5 rings (SSSR count). The molecular weight excluding hydrogens is 449 g/mol. The maximum absolute atomic E-state index is 13.5. The van der Waals surface area contributed by atoms with Crippen LogP contribution < -0.4 is 0 Å². The van der Waals surface area contributed by atoms with Crippen molar-refractivity contribution in [1.82, 2.24) is 4.98 Å². The first-order chi connectivity index (χ1) is 16.5. The SMILES string of the molecule is CC(C)Cc1ccnc(-c2ccc(C(=O)OO)c3c2sc2c(-c4ccc(F)cc4)cccc23)c1. The van der Waals surface area contributed by atoms with Crippen LogP contribution in [0.25, 0.3) is 42.6 Å². The highest BCUT2D eigenvalue weighted by molar-refractivity contribution is 7.27. The molecule has 3 aromatic carbocycles. The normalized spacial score (nSPS) is 11.4. The predicted octanol–water partition coefficient (Wildman–Crippen LogP) is 7.75. The summed E-state index contributed by atoms with van der Waals surface area (Å²) < 4.78 is 15.4. The Balaban J connectivity index is 1.81. The molecule has 2 heterocycles. The highest BCUT2D eigenvalue weighted by atomic mass is 32.1. The van der Waals surface area contributed by atoms with Crippen molar-refractivity contribution in [1.29, 1.82) is 0 Å². The number of thiophene rings is 1. The molecule has 2 aromatic heterocycles. The highest BCUT2D eigenvalue weighted by Gasteiger charge is 2.21. The van der Waals surface area contributed by atoms with Gasteiger partial charge in [0.25, 0.3) is 0 Å². The number of hydrogen-bond donors (Lipinski definition) is 1. The van der Waals surface area contributed by atoms with Crippen molar-refractivity contribution in [3.8, 4) is 22.4 Å². The van der Waals surface area contributed by atoms with E-state index in [-0.39, 0.29) is 11.4 Å². The van der Waals surface area contributed by atoms with Gasteiger partial charge in [-0.1, -0.05) is 50.2 Å². The molecule has 0 bridgehead atoms. The number of carbonyl (C=O) groups is 1. The van der Waals surface area contributed by atoms with Gasteiger partial charge in [-0.15, -0.1) is 11.3 Å². The van der Waals surface area contributed by atoms with E-state index < -0.39 is 5.97 Å². The first-order valence-electron chi connectivity index (χ1n) is 11.0. The molecule has 6 heteroatoms. The average molecular weight is 472 g/mol. The molecule has 1 N–H and O–H groups in total. The van der Waals surface area contributed by atoms with Crippen LogP contribution in [0.3, 0.4) is 0 Å². The number of rotatable bonds is 5. The van der Waals surface area contributed by atoms with Gasteiger partial charge in [0.2, 0.25) is 0 Å². The lowest BCUT2D eigenvalue weighted by molar-refractivity contribution is -0.182. The Labute approximate surface area is 200 Å². The van der Waals surface area contributed by atoms with Crippen LogP contribution in [0, 0.1) is 11.7 Å². The Morgan fingerprint density at radius 2 is 1.82 bits per heavy atom. The second-order valence-corrected chi connectivity index (χ2v) is 9.70. The lowest BCUT2D eigenvalue weighted by atomic mass is 9.97. The van der Waals surface area contributed by atoms with E-state index in [0.29, 0.717) is 11.3 Å². The summed E-state index contributed by atoms with van der Waals surface area (Å²) in [6.45, 7) is 4.35. The van der Waals surface area contributed by atoms with Crippen molar-refractivity contribution in [2.24, 2.45) is 5.92 Å². The molecule has 0 spiro atoms. The lowest BCUT2D eigenvalue weighted by Gasteiger charge is -2.09. The molecule has 0 atom stereocenters. The quantitative estimate of drug-likeness (QED) is 0.210. The van der Waals surface area contributed by atoms with Gasteiger partial charge in [-0.05, 0) is 59.4 Å². The van der Waals surface area contributed by atoms with Gasteiger partial charge in [0.05, 0.1) is 11.3 Å². The van der Waals surface area contributed by atoms with Crippen LogP contribution in [0.15, 0.2) is 72.9 Å². The molecule has 34 heavy (non-hydrogen) atoms. The lowest BCUT2D eigenvalue weighted by Crippen LogP contribution is -2.02. The van der Waals surface area contributed by atoms with E-state index >= 15 is 0 Å². The summed E-state index contributed by atoms with van der Waals surface area (Å²) in [5.74, 6) is -0.598. The molecule has 4 nitrogen and oxygen atoms in total. The van der Waals surface area contributed by atoms with Crippen molar-refractivity contribution in [2.75, 3.05) is 0 Å². The maximum atomic E-state index is 13.5. The van der Waals surface area contributed by atoms with Gasteiger partial charge < -0.3 is 0 Å². The Bertz CT molecular complexity index is 1520. The minimum atomic E-state index is -0.815. The van der Waals surface area contributed by atoms with E-state index in [1.54, 1.807) is 29.5 Å². The number of fused-ring (bicyclic) bond motifs is 3. The van der Waals surface area contributed by atoms with E-state index in [2.05, 4.69) is 29.8 Å². The summed E-state index contributed by atoms with van der Waals surface area (Å²) in [6, 6.07) is 19.8. The van der Waals surface area contributed by atoms with Crippen LogP contribution >= 0.6 is 11.3 Å². The van der Waals surface area contributed by atoms with Gasteiger partial charge in [-0.2, -0.15) is 5.26 Å². The fraction of sp³-hybridized carbons (Fsp3) is 0.143. The molecule has 0 aliphatic carbocycles. The summed E-state index contributed by atoms with van der Waals surface area (Å²) in [5, 5.41) is 10.7. The van der Waals surface area contributed by atoms with Crippen molar-refractivity contribution in [3.05, 3.63) is 89.9 Å². The van der Waals surface area contributed by atoms with E-state index in [9.17, 15) is 9.18 Å². The van der Waals surface area contributed by atoms with Crippen LogP contribution in [-0.2, 0) is 11.3 Å². The maximum Gasteiger partial charge on any atom is 0.373 e. The summed E-state index contributed by atoms with van der Waals surface area (Å²) in [5.41, 5.74) is 5.02. The number of aromatic nitrogens is 1. The van der Waals surface area contributed by atoms with Crippen LogP contribution in [0.1, 0.15) is 29.8 Å². The minimum Gasteiger partial charge on any atom is -0.295 e. The molecule has 0 unspecified atom stereocenters. The molecular formula is C28H22FNO3S. The van der Waals surface area contributed by atoms with Crippen LogP contribution in [0.5, 0.6) is 0 Å². The topological polar surface area (TPSA) is 59.4 Å².